The van der Waals surface area contributed by atoms with Crippen LogP contribution in [0, 0.1) is 0 Å². The van der Waals surface area contributed by atoms with Crippen LogP contribution in [-0.4, -0.2) is 11.3 Å². The van der Waals surface area contributed by atoms with E-state index >= 15 is 0 Å². The van der Waals surface area contributed by atoms with E-state index in [0.717, 1.165) is 28.3 Å². The molecular weight excluding hydrogens is 1180 g/mol. The topological polar surface area (TPSA) is 11.4 Å². The summed E-state index contributed by atoms with van der Waals surface area (Å²) >= 11 is 0. The highest BCUT2D eigenvalue weighted by Gasteiger charge is 2.45. The van der Waals surface area contributed by atoms with Gasteiger partial charge in [0.25, 0.3) is 6.71 Å². The molecule has 0 amide bonds. The van der Waals surface area contributed by atoms with Crippen LogP contribution in [0.4, 0.5) is 34.1 Å². The molecule has 0 unspecified atom stereocenters. The molecule has 1 aromatic heterocycles. The van der Waals surface area contributed by atoms with Crippen molar-refractivity contribution in [1.29, 1.82) is 0 Å². The molecule has 14 aromatic rings. The maximum Gasteiger partial charge on any atom is 0.252 e. The van der Waals surface area contributed by atoms with Gasteiger partial charge in [0.15, 0.2) is 0 Å². The maximum atomic E-state index is 2.62. The van der Waals surface area contributed by atoms with Crippen molar-refractivity contribution in [2.75, 3.05) is 9.80 Å². The number of rotatable bonds is 9. The molecule has 2 aliphatic heterocycles. The lowest BCUT2D eigenvalue weighted by Crippen LogP contribution is -2.61. The Bertz CT molecular complexity index is 5390. The molecule has 0 saturated heterocycles. The van der Waals surface area contributed by atoms with Gasteiger partial charge in [-0.2, -0.15) is 0 Å². The molecular formula is C94H80BN3. The number of hydrogen-bond donors (Lipinski definition) is 0. The molecule has 3 heterocycles. The molecule has 13 aromatic carbocycles. The van der Waals surface area contributed by atoms with E-state index < -0.39 is 0 Å². The monoisotopic (exact) mass is 1260 g/mol. The third-order valence-electron chi connectivity index (χ3n) is 23.1. The van der Waals surface area contributed by atoms with E-state index in [9.17, 15) is 0 Å². The summed E-state index contributed by atoms with van der Waals surface area (Å²) < 4.78 is 2.52. The van der Waals surface area contributed by atoms with Crippen LogP contribution < -0.4 is 26.2 Å². The number of hydrogen-bond acceptors (Lipinski definition) is 2. The van der Waals surface area contributed by atoms with Gasteiger partial charge in [-0.25, -0.2) is 0 Å². The highest BCUT2D eigenvalue weighted by molar-refractivity contribution is 7.00. The van der Waals surface area contributed by atoms with Crippen molar-refractivity contribution in [2.45, 2.75) is 103 Å². The second kappa shape index (κ2) is 22.4. The van der Waals surface area contributed by atoms with Gasteiger partial charge in [0.1, 0.15) is 0 Å². The van der Waals surface area contributed by atoms with Gasteiger partial charge in [-0.15, -0.1) is 0 Å². The van der Waals surface area contributed by atoms with Crippen molar-refractivity contribution in [2.24, 2.45) is 0 Å². The lowest BCUT2D eigenvalue weighted by molar-refractivity contribution is 0.332. The molecule has 0 N–H and O–H groups in total. The van der Waals surface area contributed by atoms with Crippen LogP contribution in [0.1, 0.15) is 103 Å². The first-order chi connectivity index (χ1) is 47.5. The Morgan fingerprint density at radius 2 is 0.592 bits per heavy atom. The lowest BCUT2D eigenvalue weighted by Gasteiger charge is -2.44. The molecule has 0 saturated carbocycles. The van der Waals surface area contributed by atoms with E-state index in [1.807, 2.05) is 0 Å². The quantitative estimate of drug-likeness (QED) is 0.133. The highest BCUT2D eigenvalue weighted by Crippen LogP contribution is 2.52. The molecule has 0 atom stereocenters. The van der Waals surface area contributed by atoms with E-state index in [2.05, 4.69) is 361 Å². The van der Waals surface area contributed by atoms with Crippen molar-refractivity contribution in [1.82, 2.24) is 4.57 Å². The van der Waals surface area contributed by atoms with Gasteiger partial charge in [-0.3, -0.25) is 0 Å². The Labute approximate surface area is 578 Å². The Hall–Kier alpha value is -10.7. The standard InChI is InChI=1S/C94H80BN3/c1-91(2)49-51-93(5,6)80-55-69(33-43-78(80)91)65-29-38-73(39-30-65)96-86-48-37-71(63-25-17-11-18-26-63)57-83(86)95-82-45-42-75(98-84-46-35-67(61-21-13-9-14-22-61)53-76(84)77-54-68(36-47-85(77)98)62-23-15-10-16-24-62)60-87(82)97(89-59-72(58-88(96)90(89)95)64-27-19-12-20-28-64)74-40-31-66(32-41-74)70-34-44-79-81(56-70)94(7,8)52-50-92(79,3)4/h9-48,53-60H,49-52H2,1-8H3. The van der Waals surface area contributed by atoms with Crippen LogP contribution in [0.15, 0.2) is 291 Å². The minimum atomic E-state index is -0.134. The van der Waals surface area contributed by atoms with Gasteiger partial charge in [-0.1, -0.05) is 268 Å². The van der Waals surface area contributed by atoms with E-state index in [4.69, 9.17) is 0 Å². The van der Waals surface area contributed by atoms with Crippen LogP contribution in [0.2, 0.25) is 0 Å². The lowest BCUT2D eigenvalue weighted by atomic mass is 9.33. The van der Waals surface area contributed by atoms with Gasteiger partial charge in [0, 0.05) is 50.6 Å². The average molecular weight is 1260 g/mol. The molecule has 98 heavy (non-hydrogen) atoms. The van der Waals surface area contributed by atoms with Gasteiger partial charge < -0.3 is 14.4 Å². The predicted molar refractivity (Wildman–Crippen MR) is 418 cm³/mol. The van der Waals surface area contributed by atoms with Gasteiger partial charge >= 0.3 is 0 Å². The first-order valence-corrected chi connectivity index (χ1v) is 35.4. The third-order valence-corrected chi connectivity index (χ3v) is 23.1. The summed E-state index contributed by atoms with van der Waals surface area (Å²) in [7, 11) is 0. The van der Waals surface area contributed by atoms with Crippen molar-refractivity contribution in [3.8, 4) is 72.4 Å². The number of benzene rings is 13. The zero-order valence-corrected chi connectivity index (χ0v) is 57.5. The fourth-order valence-corrected chi connectivity index (χ4v) is 17.4. The molecule has 0 fully saturated rings. The van der Waals surface area contributed by atoms with E-state index in [-0.39, 0.29) is 28.4 Å². The SMILES string of the molecule is CC1(C)CCC(C)(C)c2cc(-c3ccc(N4c5ccc(-c6ccccc6)cc5B5c6ccc(-n7c8ccc(-c9ccccc9)cc8c8cc(-c9ccccc9)ccc87)cc6N(c6ccc(-c7ccc8c(c7)C(C)(C)CCC8(C)C)cc6)c6cc(-c7ccccc7)cc4c65)cc3)ccc21. The van der Waals surface area contributed by atoms with Crippen LogP contribution in [0.5, 0.6) is 0 Å². The number of nitrogens with zero attached hydrogens (tertiary/aromatic N) is 3. The van der Waals surface area contributed by atoms with Crippen molar-refractivity contribution >= 4 is 79.0 Å². The molecule has 0 radical (unpaired) electrons. The molecule has 3 nitrogen and oxygen atoms in total. The third kappa shape index (κ3) is 9.76. The number of fused-ring (bicyclic) bond motifs is 9. The van der Waals surface area contributed by atoms with Gasteiger partial charge in [0.05, 0.1) is 11.0 Å². The first-order valence-electron chi connectivity index (χ1n) is 35.4. The summed E-state index contributed by atoms with van der Waals surface area (Å²) in [6, 6.07) is 111. The molecule has 2 aliphatic carbocycles. The summed E-state index contributed by atoms with van der Waals surface area (Å²) in [5.41, 5.74) is 35.1. The smallest absolute Gasteiger partial charge is 0.252 e. The van der Waals surface area contributed by atoms with Crippen molar-refractivity contribution < 1.29 is 0 Å². The minimum Gasteiger partial charge on any atom is -0.311 e. The molecule has 0 bridgehead atoms. The van der Waals surface area contributed by atoms with Crippen molar-refractivity contribution in [3.05, 3.63) is 313 Å². The summed E-state index contributed by atoms with van der Waals surface area (Å²) in [4.78, 5) is 5.20. The Morgan fingerprint density at radius 3 is 1.04 bits per heavy atom. The summed E-state index contributed by atoms with van der Waals surface area (Å²) in [5, 5.41) is 2.44. The average Bonchev–Trinajstić information content (AvgIpc) is 0.807. The zero-order valence-electron chi connectivity index (χ0n) is 57.5. The molecule has 4 aliphatic rings. The summed E-state index contributed by atoms with van der Waals surface area (Å²) in [5.74, 6) is 0. The molecule has 474 valence electrons. The zero-order chi connectivity index (χ0) is 66.4. The first kappa shape index (κ1) is 59.8. The Balaban J connectivity index is 0.877. The fourth-order valence-electron chi connectivity index (χ4n) is 17.4. The van der Waals surface area contributed by atoms with Crippen LogP contribution in [0.3, 0.4) is 0 Å². The predicted octanol–water partition coefficient (Wildman–Crippen LogP) is 23.6. The molecule has 18 rings (SSSR count). The molecule has 0 spiro atoms. The normalized spacial score (nSPS) is 15.9. The number of aromatic nitrogens is 1. The summed E-state index contributed by atoms with van der Waals surface area (Å²) in [6.45, 7) is 19.3. The largest absolute Gasteiger partial charge is 0.311 e. The van der Waals surface area contributed by atoms with Crippen LogP contribution in [-0.2, 0) is 21.7 Å². The van der Waals surface area contributed by atoms with Crippen LogP contribution in [0.25, 0.3) is 94.3 Å². The summed E-state index contributed by atoms with van der Waals surface area (Å²) in [6.07, 6.45) is 4.73. The Morgan fingerprint density at radius 1 is 0.245 bits per heavy atom. The van der Waals surface area contributed by atoms with Crippen molar-refractivity contribution in [3.63, 3.8) is 0 Å². The van der Waals surface area contributed by atoms with Crippen LogP contribution >= 0.6 is 0 Å². The second-order valence-electron chi connectivity index (χ2n) is 31.0. The second-order valence-corrected chi connectivity index (χ2v) is 31.0. The fraction of sp³-hybridized carbons (Fsp3) is 0.170. The maximum absolute atomic E-state index is 2.62. The molecule has 4 heteroatoms. The van der Waals surface area contributed by atoms with Gasteiger partial charge in [0.2, 0.25) is 0 Å². The van der Waals surface area contributed by atoms with E-state index in [0.29, 0.717) is 0 Å². The van der Waals surface area contributed by atoms with Gasteiger partial charge in [-0.05, 0) is 232 Å². The minimum absolute atomic E-state index is 0.0904. The highest BCUT2D eigenvalue weighted by atomic mass is 15.2. The Kier molecular flexibility index (Phi) is 13.7. The number of anilines is 6. The van der Waals surface area contributed by atoms with E-state index in [1.54, 1.807) is 0 Å². The van der Waals surface area contributed by atoms with E-state index in [1.165, 1.54) is 164 Å².